The van der Waals surface area contributed by atoms with Crippen molar-refractivity contribution < 1.29 is 14.9 Å². The van der Waals surface area contributed by atoms with Crippen LogP contribution in [0.5, 0.6) is 0 Å². The number of hydrogen-bond acceptors (Lipinski definition) is 7. The van der Waals surface area contributed by atoms with Gasteiger partial charge in [-0.3, -0.25) is 0 Å². The van der Waals surface area contributed by atoms with Gasteiger partial charge in [-0.05, 0) is 0 Å². The molecule has 4 N–H and O–H groups in total. The lowest BCUT2D eigenvalue weighted by Crippen LogP contribution is -2.41. The van der Waals surface area contributed by atoms with Gasteiger partial charge in [0.25, 0.3) is 0 Å². The number of nitrogen functional groups attached to an aromatic ring is 1. The molecule has 0 aliphatic carbocycles. The number of nitrogens with zero attached hydrogens (tertiary/aromatic N) is 3. The Morgan fingerprint density at radius 3 is 3.06 bits per heavy atom. The van der Waals surface area contributed by atoms with Crippen molar-refractivity contribution in [3.05, 3.63) is 16.7 Å². The van der Waals surface area contributed by atoms with E-state index in [1.807, 2.05) is 0 Å². The monoisotopic (exact) mass is 252 g/mol. The first kappa shape index (κ1) is 12.5. The SMILES string of the molecule is C#C[C@@]1(O)C[C@@H](CO)O[C@H]1n1ncc(N)nc1=O. The first-order valence-electron chi connectivity index (χ1n) is 5.18. The van der Waals surface area contributed by atoms with E-state index in [0.29, 0.717) is 0 Å². The zero-order valence-corrected chi connectivity index (χ0v) is 9.35. The summed E-state index contributed by atoms with van der Waals surface area (Å²) in [4.78, 5) is 15.1. The Hall–Kier alpha value is -1.95. The molecule has 8 heteroatoms. The van der Waals surface area contributed by atoms with E-state index in [1.54, 1.807) is 0 Å². The largest absolute Gasteiger partial charge is 0.394 e. The maximum Gasteiger partial charge on any atom is 0.368 e. The van der Waals surface area contributed by atoms with Crippen LogP contribution in [0.25, 0.3) is 0 Å². The molecule has 96 valence electrons. The maximum absolute atomic E-state index is 11.6. The van der Waals surface area contributed by atoms with Gasteiger partial charge in [0.1, 0.15) is 5.82 Å². The smallest absolute Gasteiger partial charge is 0.368 e. The summed E-state index contributed by atoms with van der Waals surface area (Å²) in [5.74, 6) is 2.11. The molecule has 8 nitrogen and oxygen atoms in total. The van der Waals surface area contributed by atoms with Gasteiger partial charge in [0, 0.05) is 6.42 Å². The van der Waals surface area contributed by atoms with Crippen molar-refractivity contribution in [2.24, 2.45) is 0 Å². The minimum atomic E-state index is -1.72. The number of aromatic nitrogens is 3. The lowest BCUT2D eigenvalue weighted by atomic mass is 9.99. The van der Waals surface area contributed by atoms with Gasteiger partial charge in [0.2, 0.25) is 0 Å². The summed E-state index contributed by atoms with van der Waals surface area (Å²) < 4.78 is 6.11. The van der Waals surface area contributed by atoms with Crippen molar-refractivity contribution >= 4 is 5.82 Å². The summed E-state index contributed by atoms with van der Waals surface area (Å²) in [5.41, 5.74) is 2.80. The molecule has 2 heterocycles. The van der Waals surface area contributed by atoms with Gasteiger partial charge in [-0.15, -0.1) is 6.42 Å². The van der Waals surface area contributed by atoms with E-state index in [1.165, 1.54) is 0 Å². The second-order valence-corrected chi connectivity index (χ2v) is 3.97. The summed E-state index contributed by atoms with van der Waals surface area (Å²) >= 11 is 0. The molecule has 1 saturated heterocycles. The third-order valence-corrected chi connectivity index (χ3v) is 2.68. The number of rotatable bonds is 2. The number of ether oxygens (including phenoxy) is 1. The lowest BCUT2D eigenvalue weighted by molar-refractivity contribution is -0.0813. The van der Waals surface area contributed by atoms with Gasteiger partial charge in [0.05, 0.1) is 18.9 Å². The predicted molar refractivity (Wildman–Crippen MR) is 60.1 cm³/mol. The van der Waals surface area contributed by atoms with Gasteiger partial charge in [0.15, 0.2) is 11.8 Å². The van der Waals surface area contributed by atoms with E-state index in [2.05, 4.69) is 16.0 Å². The number of aliphatic hydroxyl groups is 2. The molecular weight excluding hydrogens is 240 g/mol. The van der Waals surface area contributed by atoms with Crippen LogP contribution in [0.15, 0.2) is 11.0 Å². The molecule has 1 aliphatic heterocycles. The number of hydrogen-bond donors (Lipinski definition) is 3. The minimum Gasteiger partial charge on any atom is -0.394 e. The Labute approximate surface area is 102 Å². The zero-order chi connectivity index (χ0) is 13.3. The normalized spacial score (nSPS) is 31.2. The Morgan fingerprint density at radius 2 is 2.50 bits per heavy atom. The highest BCUT2D eigenvalue weighted by Crippen LogP contribution is 2.36. The van der Waals surface area contributed by atoms with Crippen LogP contribution in [-0.4, -0.2) is 43.3 Å². The molecule has 0 bridgehead atoms. The number of nitrogens with two attached hydrogens (primary N) is 1. The Bertz CT molecular complexity index is 552. The van der Waals surface area contributed by atoms with Crippen molar-refractivity contribution in [3.63, 3.8) is 0 Å². The van der Waals surface area contributed by atoms with E-state index < -0.39 is 23.6 Å². The third kappa shape index (κ3) is 1.95. The number of anilines is 1. The van der Waals surface area contributed by atoms with Gasteiger partial charge in [-0.1, -0.05) is 5.92 Å². The van der Waals surface area contributed by atoms with Gasteiger partial charge >= 0.3 is 5.69 Å². The topological polar surface area (TPSA) is 123 Å². The van der Waals surface area contributed by atoms with Gasteiger partial charge < -0.3 is 20.7 Å². The van der Waals surface area contributed by atoms with Crippen LogP contribution < -0.4 is 11.4 Å². The van der Waals surface area contributed by atoms with E-state index in [-0.39, 0.29) is 18.8 Å². The van der Waals surface area contributed by atoms with Crippen LogP contribution in [0.3, 0.4) is 0 Å². The third-order valence-electron chi connectivity index (χ3n) is 2.68. The Kier molecular flexibility index (Phi) is 3.04. The fraction of sp³-hybridized carbons (Fsp3) is 0.500. The van der Waals surface area contributed by atoms with Crippen LogP contribution in [-0.2, 0) is 4.74 Å². The quantitative estimate of drug-likeness (QED) is 0.513. The molecule has 1 fully saturated rings. The molecule has 0 aromatic carbocycles. The highest BCUT2D eigenvalue weighted by molar-refractivity contribution is 5.20. The maximum atomic E-state index is 11.6. The Balaban J connectivity index is 2.43. The average molecular weight is 252 g/mol. The number of terminal acetylenes is 1. The number of aliphatic hydroxyl groups excluding tert-OH is 1. The molecule has 1 aliphatic rings. The summed E-state index contributed by atoms with van der Waals surface area (Å²) in [6.07, 6.45) is 4.53. The van der Waals surface area contributed by atoms with Crippen molar-refractivity contribution in [1.29, 1.82) is 0 Å². The first-order chi connectivity index (χ1) is 8.50. The fourth-order valence-electron chi connectivity index (χ4n) is 1.81. The van der Waals surface area contributed by atoms with Crippen LogP contribution in [0.4, 0.5) is 5.82 Å². The van der Waals surface area contributed by atoms with E-state index >= 15 is 0 Å². The fourth-order valence-corrected chi connectivity index (χ4v) is 1.81. The molecule has 0 unspecified atom stereocenters. The molecule has 0 spiro atoms. The summed E-state index contributed by atoms with van der Waals surface area (Å²) in [6.45, 7) is -0.322. The van der Waals surface area contributed by atoms with E-state index in [4.69, 9.17) is 22.0 Å². The molecule has 18 heavy (non-hydrogen) atoms. The molecule has 0 radical (unpaired) electrons. The van der Waals surface area contributed by atoms with Crippen LogP contribution in [0, 0.1) is 12.3 Å². The molecule has 3 atom stereocenters. The van der Waals surface area contributed by atoms with Crippen LogP contribution in [0.2, 0.25) is 0 Å². The predicted octanol–water partition coefficient (Wildman–Crippen LogP) is -2.14. The molecule has 0 amide bonds. The molecular formula is C10H12N4O4. The average Bonchev–Trinajstić information content (AvgIpc) is 2.68. The van der Waals surface area contributed by atoms with E-state index in [9.17, 15) is 9.90 Å². The highest BCUT2D eigenvalue weighted by Gasteiger charge is 2.48. The van der Waals surface area contributed by atoms with E-state index in [0.717, 1.165) is 10.9 Å². The second kappa shape index (κ2) is 4.38. The van der Waals surface area contributed by atoms with Gasteiger partial charge in [-0.2, -0.15) is 14.8 Å². The second-order valence-electron chi connectivity index (χ2n) is 3.97. The first-order valence-corrected chi connectivity index (χ1v) is 5.18. The summed E-state index contributed by atoms with van der Waals surface area (Å²) in [7, 11) is 0. The van der Waals surface area contributed by atoms with Crippen molar-refractivity contribution in [3.8, 4) is 12.3 Å². The van der Waals surface area contributed by atoms with Crippen molar-refractivity contribution in [1.82, 2.24) is 14.8 Å². The minimum absolute atomic E-state index is 0.00314. The van der Waals surface area contributed by atoms with Crippen molar-refractivity contribution in [2.45, 2.75) is 24.4 Å². The molecule has 1 aromatic heterocycles. The Morgan fingerprint density at radius 1 is 1.78 bits per heavy atom. The molecule has 1 aromatic rings. The molecule has 0 saturated carbocycles. The summed E-state index contributed by atoms with van der Waals surface area (Å²) in [6, 6.07) is 0. The standard InChI is InChI=1S/C10H12N4O4/c1-2-10(17)3-6(5-15)18-8(10)14-9(16)13-7(11)4-12-14/h1,4,6,8,15,17H,3,5H2,(H2,11,13,16)/t6-,8+,10+/m0/s1. The lowest BCUT2D eigenvalue weighted by Gasteiger charge is -2.22. The summed E-state index contributed by atoms with van der Waals surface area (Å²) in [5, 5.41) is 22.9. The van der Waals surface area contributed by atoms with Gasteiger partial charge in [-0.25, -0.2) is 4.79 Å². The highest BCUT2D eigenvalue weighted by atomic mass is 16.5. The zero-order valence-electron chi connectivity index (χ0n) is 9.35. The molecule has 2 rings (SSSR count). The van der Waals surface area contributed by atoms with Crippen molar-refractivity contribution in [2.75, 3.05) is 12.3 Å². The van der Waals surface area contributed by atoms with Crippen LogP contribution in [0.1, 0.15) is 12.6 Å². The van der Waals surface area contributed by atoms with Crippen LogP contribution >= 0.6 is 0 Å².